The van der Waals surface area contributed by atoms with E-state index in [1.807, 2.05) is 0 Å². The Morgan fingerprint density at radius 2 is 2.11 bits per heavy atom. The maximum Gasteiger partial charge on any atom is 0.0487 e. The van der Waals surface area contributed by atoms with Crippen LogP contribution in [0.1, 0.15) is 33.1 Å². The molecule has 0 rings (SSSR count). The molecule has 1 atom stereocenters. The molecule has 1 nitrogen and oxygen atoms in total. The first-order chi connectivity index (χ1) is 4.31. The van der Waals surface area contributed by atoms with Crippen molar-refractivity contribution in [3.8, 4) is 0 Å². The molecule has 0 aromatic carbocycles. The van der Waals surface area contributed by atoms with Gasteiger partial charge in [0, 0.05) is 13.7 Å². The molecule has 1 heteroatoms. The van der Waals surface area contributed by atoms with E-state index >= 15 is 0 Å². The molecule has 0 aromatic rings. The molecular weight excluding hydrogens is 112 g/mol. The Hall–Kier alpha value is -0.0400. The maximum atomic E-state index is 5.00. The largest absolute Gasteiger partial charge is 0.384 e. The summed E-state index contributed by atoms with van der Waals surface area (Å²) in [6, 6.07) is 0. The molecule has 0 fully saturated rings. The number of hydrogen-bond donors (Lipinski definition) is 0. The van der Waals surface area contributed by atoms with Gasteiger partial charge in [-0.1, -0.05) is 26.7 Å². The van der Waals surface area contributed by atoms with E-state index in [0.29, 0.717) is 0 Å². The van der Waals surface area contributed by atoms with E-state index in [-0.39, 0.29) is 0 Å². The number of ether oxygens (including phenoxy) is 1. The summed E-state index contributed by atoms with van der Waals surface area (Å²) in [6.07, 6.45) is 3.95. The molecule has 0 N–H and O–H groups in total. The van der Waals surface area contributed by atoms with Crippen molar-refractivity contribution in [2.75, 3.05) is 13.7 Å². The van der Waals surface area contributed by atoms with Crippen LogP contribution < -0.4 is 0 Å². The monoisotopic (exact) mass is 130 g/mol. The summed E-state index contributed by atoms with van der Waals surface area (Å²) in [7, 11) is 1.77. The zero-order valence-electron chi connectivity index (χ0n) is 6.81. The zero-order valence-corrected chi connectivity index (χ0v) is 6.81. The molecule has 0 aliphatic carbocycles. The van der Waals surface area contributed by atoms with Crippen LogP contribution in [0.5, 0.6) is 0 Å². The van der Waals surface area contributed by atoms with E-state index < -0.39 is 0 Å². The maximum absolute atomic E-state index is 5.00. The number of methoxy groups -OCH3 is 1. The Kier molecular flexibility index (Phi) is 6.06. The Bertz CT molecular complexity index is 52.5. The summed E-state index contributed by atoms with van der Waals surface area (Å²) >= 11 is 0. The van der Waals surface area contributed by atoms with Crippen LogP contribution in [0, 0.1) is 5.92 Å². The molecule has 0 unspecified atom stereocenters. The van der Waals surface area contributed by atoms with Crippen LogP contribution in [0.2, 0.25) is 0 Å². The lowest BCUT2D eigenvalue weighted by molar-refractivity contribution is 0.154. The van der Waals surface area contributed by atoms with Crippen molar-refractivity contribution in [2.24, 2.45) is 5.92 Å². The first kappa shape index (κ1) is 8.96. The fourth-order valence-electron chi connectivity index (χ4n) is 0.920. The highest BCUT2D eigenvalue weighted by Crippen LogP contribution is 2.06. The molecule has 0 spiro atoms. The van der Waals surface area contributed by atoms with E-state index in [1.54, 1.807) is 7.11 Å². The van der Waals surface area contributed by atoms with E-state index in [1.165, 1.54) is 19.3 Å². The van der Waals surface area contributed by atoms with Crippen molar-refractivity contribution in [3.63, 3.8) is 0 Å². The number of rotatable bonds is 5. The van der Waals surface area contributed by atoms with Gasteiger partial charge in [0.2, 0.25) is 0 Å². The lowest BCUT2D eigenvalue weighted by Crippen LogP contribution is -2.02. The van der Waals surface area contributed by atoms with Crippen molar-refractivity contribution < 1.29 is 4.74 Å². The molecule has 0 aromatic heterocycles. The minimum atomic E-state index is 0.745. The van der Waals surface area contributed by atoms with Gasteiger partial charge in [-0.2, -0.15) is 0 Å². The minimum absolute atomic E-state index is 0.745. The predicted molar refractivity (Wildman–Crippen MR) is 40.6 cm³/mol. The lowest BCUT2D eigenvalue weighted by Gasteiger charge is -2.07. The highest BCUT2D eigenvalue weighted by molar-refractivity contribution is 4.49. The third-order valence-electron chi connectivity index (χ3n) is 1.50. The Morgan fingerprint density at radius 3 is 2.56 bits per heavy atom. The van der Waals surface area contributed by atoms with Crippen molar-refractivity contribution in [1.29, 1.82) is 0 Å². The van der Waals surface area contributed by atoms with Gasteiger partial charge in [-0.25, -0.2) is 0 Å². The smallest absolute Gasteiger partial charge is 0.0487 e. The van der Waals surface area contributed by atoms with Crippen LogP contribution in [0.25, 0.3) is 0 Å². The minimum Gasteiger partial charge on any atom is -0.384 e. The first-order valence-corrected chi connectivity index (χ1v) is 3.80. The summed E-state index contributed by atoms with van der Waals surface area (Å²) < 4.78 is 5.00. The standard InChI is InChI=1S/C8H18O/c1-4-5-6-8(2)7-9-3/h8H,4-7H2,1-3H3/t8-/m1/s1. The average molecular weight is 130 g/mol. The number of unbranched alkanes of at least 4 members (excludes halogenated alkanes) is 1. The molecular formula is C8H18O. The third kappa shape index (κ3) is 5.84. The molecule has 9 heavy (non-hydrogen) atoms. The molecule has 56 valence electrons. The Morgan fingerprint density at radius 1 is 1.44 bits per heavy atom. The first-order valence-electron chi connectivity index (χ1n) is 3.80. The second kappa shape index (κ2) is 6.09. The van der Waals surface area contributed by atoms with Crippen LogP contribution >= 0.6 is 0 Å². The molecule has 0 saturated carbocycles. The topological polar surface area (TPSA) is 9.23 Å². The quantitative estimate of drug-likeness (QED) is 0.555. The normalized spacial score (nSPS) is 13.7. The summed E-state index contributed by atoms with van der Waals surface area (Å²) in [5.41, 5.74) is 0. The van der Waals surface area contributed by atoms with Crippen LogP contribution in [0.4, 0.5) is 0 Å². The summed E-state index contributed by atoms with van der Waals surface area (Å²) in [6.45, 7) is 5.37. The zero-order chi connectivity index (χ0) is 7.11. The number of hydrogen-bond acceptors (Lipinski definition) is 1. The second-order valence-electron chi connectivity index (χ2n) is 2.70. The van der Waals surface area contributed by atoms with Crippen LogP contribution in [-0.2, 0) is 4.74 Å². The second-order valence-corrected chi connectivity index (χ2v) is 2.70. The van der Waals surface area contributed by atoms with Gasteiger partial charge in [-0.05, 0) is 12.3 Å². The van der Waals surface area contributed by atoms with E-state index in [2.05, 4.69) is 13.8 Å². The van der Waals surface area contributed by atoms with Crippen molar-refractivity contribution >= 4 is 0 Å². The van der Waals surface area contributed by atoms with Gasteiger partial charge in [0.05, 0.1) is 0 Å². The Balaban J connectivity index is 2.95. The van der Waals surface area contributed by atoms with E-state index in [4.69, 9.17) is 4.74 Å². The predicted octanol–water partition coefficient (Wildman–Crippen LogP) is 2.46. The van der Waals surface area contributed by atoms with Crippen LogP contribution in [-0.4, -0.2) is 13.7 Å². The highest BCUT2D eigenvalue weighted by Gasteiger charge is 1.98. The van der Waals surface area contributed by atoms with Gasteiger partial charge in [0.1, 0.15) is 0 Å². The summed E-state index contributed by atoms with van der Waals surface area (Å²) in [4.78, 5) is 0. The highest BCUT2D eigenvalue weighted by atomic mass is 16.5. The van der Waals surface area contributed by atoms with Gasteiger partial charge < -0.3 is 4.74 Å². The fraction of sp³-hybridized carbons (Fsp3) is 1.00. The molecule has 0 aliphatic rings. The lowest BCUT2D eigenvalue weighted by atomic mass is 10.1. The molecule has 0 aliphatic heterocycles. The van der Waals surface area contributed by atoms with Crippen LogP contribution in [0.3, 0.4) is 0 Å². The molecule has 0 heterocycles. The molecule has 0 bridgehead atoms. The van der Waals surface area contributed by atoms with Gasteiger partial charge >= 0.3 is 0 Å². The van der Waals surface area contributed by atoms with Gasteiger partial charge in [-0.3, -0.25) is 0 Å². The van der Waals surface area contributed by atoms with Gasteiger partial charge in [0.25, 0.3) is 0 Å². The van der Waals surface area contributed by atoms with Crippen molar-refractivity contribution in [3.05, 3.63) is 0 Å². The van der Waals surface area contributed by atoms with Crippen LogP contribution in [0.15, 0.2) is 0 Å². The Labute approximate surface area is 58.4 Å². The summed E-state index contributed by atoms with van der Waals surface area (Å²) in [5.74, 6) is 0.745. The average Bonchev–Trinajstić information content (AvgIpc) is 1.85. The summed E-state index contributed by atoms with van der Waals surface area (Å²) in [5, 5.41) is 0. The molecule has 0 amide bonds. The van der Waals surface area contributed by atoms with Gasteiger partial charge in [0.15, 0.2) is 0 Å². The SMILES string of the molecule is CCCC[C@@H](C)COC. The fourth-order valence-corrected chi connectivity index (χ4v) is 0.920. The molecule has 0 radical (unpaired) electrons. The van der Waals surface area contributed by atoms with E-state index in [0.717, 1.165) is 12.5 Å². The third-order valence-corrected chi connectivity index (χ3v) is 1.50. The van der Waals surface area contributed by atoms with Gasteiger partial charge in [-0.15, -0.1) is 0 Å². The molecule has 0 saturated heterocycles. The van der Waals surface area contributed by atoms with Crippen molar-refractivity contribution in [1.82, 2.24) is 0 Å². The van der Waals surface area contributed by atoms with Crippen molar-refractivity contribution in [2.45, 2.75) is 33.1 Å². The van der Waals surface area contributed by atoms with E-state index in [9.17, 15) is 0 Å².